The van der Waals surface area contributed by atoms with Crippen LogP contribution in [0.2, 0.25) is 0 Å². The molecule has 0 aliphatic rings. The van der Waals surface area contributed by atoms with Gasteiger partial charge >= 0.3 is 0 Å². The van der Waals surface area contributed by atoms with Crippen LogP contribution in [0.1, 0.15) is 28.8 Å². The summed E-state index contributed by atoms with van der Waals surface area (Å²) in [5, 5.41) is 8.45. The Morgan fingerprint density at radius 3 is 2.64 bits per heavy atom. The Balaban J connectivity index is 3.31. The zero-order valence-corrected chi connectivity index (χ0v) is 8.01. The molecule has 0 N–H and O–H groups in total. The normalized spacial score (nSPS) is 10.3. The van der Waals surface area contributed by atoms with E-state index in [9.17, 15) is 8.78 Å². The maximum Gasteiger partial charge on any atom is 0.265 e. The van der Waals surface area contributed by atoms with Crippen molar-refractivity contribution in [3.8, 4) is 6.07 Å². The number of pyridine rings is 1. The lowest BCUT2D eigenvalue weighted by Gasteiger charge is -2.10. The molecule has 1 heterocycles. The van der Waals surface area contributed by atoms with Gasteiger partial charge in [-0.2, -0.15) is 5.26 Å². The highest BCUT2D eigenvalue weighted by Crippen LogP contribution is 2.27. The molecule has 0 atom stereocenters. The van der Waals surface area contributed by atoms with Crippen LogP contribution in [-0.4, -0.2) is 4.98 Å². The second kappa shape index (κ2) is 4.14. The van der Waals surface area contributed by atoms with Gasteiger partial charge in [0.1, 0.15) is 0 Å². The van der Waals surface area contributed by atoms with E-state index in [0.29, 0.717) is 5.56 Å². The van der Waals surface area contributed by atoms with E-state index in [1.165, 1.54) is 6.20 Å². The van der Waals surface area contributed by atoms with Crippen LogP contribution in [0.5, 0.6) is 0 Å². The molecular weight excluding hydrogens is 186 g/mol. The molecule has 0 bridgehead atoms. The number of nitrogens with zero attached hydrogens (tertiary/aromatic N) is 2. The van der Waals surface area contributed by atoms with Crippen molar-refractivity contribution in [1.82, 2.24) is 4.98 Å². The molecule has 0 radical (unpaired) electrons. The zero-order valence-electron chi connectivity index (χ0n) is 8.01. The van der Waals surface area contributed by atoms with E-state index in [1.54, 1.807) is 13.8 Å². The Morgan fingerprint density at radius 2 is 2.14 bits per heavy atom. The predicted octanol–water partition coefficient (Wildman–Crippen LogP) is 2.70. The smallest absolute Gasteiger partial charge is 0.259 e. The summed E-state index contributed by atoms with van der Waals surface area (Å²) in [7, 11) is 0. The van der Waals surface area contributed by atoms with Gasteiger partial charge in [0, 0.05) is 11.8 Å². The van der Waals surface area contributed by atoms with Crippen molar-refractivity contribution in [2.45, 2.75) is 26.7 Å². The summed E-state index contributed by atoms with van der Waals surface area (Å²) >= 11 is 0. The van der Waals surface area contributed by atoms with Gasteiger partial charge in [-0.3, -0.25) is 4.98 Å². The lowest BCUT2D eigenvalue weighted by Crippen LogP contribution is -2.02. The van der Waals surface area contributed by atoms with Gasteiger partial charge in [0.2, 0.25) is 0 Å². The third-order valence-corrected chi connectivity index (χ3v) is 2.19. The number of hydrogen-bond acceptors (Lipinski definition) is 2. The fourth-order valence-corrected chi connectivity index (χ4v) is 1.28. The van der Waals surface area contributed by atoms with E-state index in [2.05, 4.69) is 4.98 Å². The van der Waals surface area contributed by atoms with Gasteiger partial charge in [-0.25, -0.2) is 8.78 Å². The minimum Gasteiger partial charge on any atom is -0.259 e. The summed E-state index contributed by atoms with van der Waals surface area (Å²) in [5.41, 5.74) is 1.35. The minimum atomic E-state index is -2.56. The summed E-state index contributed by atoms with van der Waals surface area (Å²) in [4.78, 5) is 3.85. The van der Waals surface area contributed by atoms with Crippen molar-refractivity contribution >= 4 is 0 Å². The summed E-state index contributed by atoms with van der Waals surface area (Å²) in [6.07, 6.45) is -1.11. The molecule has 1 aromatic heterocycles. The summed E-state index contributed by atoms with van der Waals surface area (Å²) in [5.74, 6) is 0. The van der Waals surface area contributed by atoms with Crippen molar-refractivity contribution in [2.75, 3.05) is 0 Å². The van der Waals surface area contributed by atoms with Gasteiger partial charge in [0.15, 0.2) is 0 Å². The summed E-state index contributed by atoms with van der Waals surface area (Å²) in [6.45, 7) is 3.35. The first-order chi connectivity index (χ1) is 6.57. The molecule has 0 aromatic carbocycles. The molecule has 0 amide bonds. The number of alkyl halides is 2. The molecule has 0 saturated heterocycles. The highest BCUT2D eigenvalue weighted by atomic mass is 19.3. The van der Waals surface area contributed by atoms with Crippen molar-refractivity contribution in [2.24, 2.45) is 0 Å². The highest BCUT2D eigenvalue weighted by Gasteiger charge is 2.17. The van der Waals surface area contributed by atoms with Gasteiger partial charge in [0.05, 0.1) is 18.2 Å². The quantitative estimate of drug-likeness (QED) is 0.729. The number of aromatic nitrogens is 1. The molecule has 0 aliphatic heterocycles. The summed E-state index contributed by atoms with van der Waals surface area (Å²) < 4.78 is 25.3. The predicted molar refractivity (Wildman–Crippen MR) is 48.0 cm³/mol. The first kappa shape index (κ1) is 10.6. The molecule has 0 aliphatic carbocycles. The second-order valence-corrected chi connectivity index (χ2v) is 3.06. The number of aryl methyl sites for hydroxylation is 1. The Hall–Kier alpha value is -1.50. The van der Waals surface area contributed by atoms with Gasteiger partial charge < -0.3 is 0 Å². The van der Waals surface area contributed by atoms with Crippen LogP contribution in [0.4, 0.5) is 8.78 Å². The monoisotopic (exact) mass is 196 g/mol. The number of nitriles is 1. The van der Waals surface area contributed by atoms with Crippen LogP contribution in [0.15, 0.2) is 6.20 Å². The van der Waals surface area contributed by atoms with E-state index in [1.807, 2.05) is 6.07 Å². The van der Waals surface area contributed by atoms with Crippen LogP contribution >= 0.6 is 0 Å². The number of hydrogen-bond donors (Lipinski definition) is 0. The molecule has 4 heteroatoms. The van der Waals surface area contributed by atoms with E-state index in [-0.39, 0.29) is 17.7 Å². The zero-order chi connectivity index (χ0) is 10.7. The molecule has 0 saturated carbocycles. The minimum absolute atomic E-state index is 0.0687. The van der Waals surface area contributed by atoms with Gasteiger partial charge in [0.25, 0.3) is 6.43 Å². The van der Waals surface area contributed by atoms with E-state index < -0.39 is 6.43 Å². The maximum absolute atomic E-state index is 12.6. The number of halogens is 2. The molecular formula is C10H10F2N2. The molecule has 14 heavy (non-hydrogen) atoms. The fraction of sp³-hybridized carbons (Fsp3) is 0.400. The molecule has 74 valence electrons. The van der Waals surface area contributed by atoms with Crippen molar-refractivity contribution in [3.63, 3.8) is 0 Å². The van der Waals surface area contributed by atoms with Gasteiger partial charge in [-0.15, -0.1) is 0 Å². The molecule has 2 nitrogen and oxygen atoms in total. The Kier molecular flexibility index (Phi) is 3.13. The topological polar surface area (TPSA) is 36.7 Å². The lowest BCUT2D eigenvalue weighted by atomic mass is 10.0. The summed E-state index contributed by atoms with van der Waals surface area (Å²) in [6, 6.07) is 1.83. The Labute approximate surface area is 81.2 Å². The maximum atomic E-state index is 12.6. The van der Waals surface area contributed by atoms with Crippen LogP contribution < -0.4 is 0 Å². The molecule has 0 unspecified atom stereocenters. The highest BCUT2D eigenvalue weighted by molar-refractivity contribution is 5.36. The third kappa shape index (κ3) is 1.87. The SMILES string of the molecule is Cc1cnc(CC#N)c(C(F)F)c1C. The molecule has 1 aromatic rings. The lowest BCUT2D eigenvalue weighted by molar-refractivity contribution is 0.149. The number of rotatable bonds is 2. The van der Waals surface area contributed by atoms with Gasteiger partial charge in [-0.1, -0.05) is 0 Å². The van der Waals surface area contributed by atoms with Gasteiger partial charge in [-0.05, 0) is 25.0 Å². The molecule has 0 fully saturated rings. The van der Waals surface area contributed by atoms with E-state index in [4.69, 9.17) is 5.26 Å². The van der Waals surface area contributed by atoms with Crippen molar-refractivity contribution < 1.29 is 8.78 Å². The fourth-order valence-electron chi connectivity index (χ4n) is 1.28. The van der Waals surface area contributed by atoms with Crippen LogP contribution in [0, 0.1) is 25.2 Å². The van der Waals surface area contributed by atoms with E-state index in [0.717, 1.165) is 5.56 Å². The van der Waals surface area contributed by atoms with Crippen LogP contribution in [-0.2, 0) is 6.42 Å². The Bertz CT molecular complexity index is 380. The van der Waals surface area contributed by atoms with E-state index >= 15 is 0 Å². The van der Waals surface area contributed by atoms with Crippen molar-refractivity contribution in [3.05, 3.63) is 28.6 Å². The van der Waals surface area contributed by atoms with Crippen LogP contribution in [0.25, 0.3) is 0 Å². The largest absolute Gasteiger partial charge is 0.265 e. The second-order valence-electron chi connectivity index (χ2n) is 3.06. The first-order valence-electron chi connectivity index (χ1n) is 4.18. The standard InChI is InChI=1S/C10H10F2N2/c1-6-5-14-8(3-4-13)9(7(6)2)10(11)12/h5,10H,3H2,1-2H3. The molecule has 0 spiro atoms. The van der Waals surface area contributed by atoms with Crippen LogP contribution in [0.3, 0.4) is 0 Å². The molecule has 1 rings (SSSR count). The third-order valence-electron chi connectivity index (χ3n) is 2.19. The average molecular weight is 196 g/mol. The van der Waals surface area contributed by atoms with Crippen molar-refractivity contribution in [1.29, 1.82) is 5.26 Å². The first-order valence-corrected chi connectivity index (χ1v) is 4.18. The average Bonchev–Trinajstić information content (AvgIpc) is 2.11. The Morgan fingerprint density at radius 1 is 1.50 bits per heavy atom.